The van der Waals surface area contributed by atoms with Gasteiger partial charge in [-0.1, -0.05) is 6.92 Å². The van der Waals surface area contributed by atoms with Crippen LogP contribution >= 0.6 is 0 Å². The molecule has 17 heavy (non-hydrogen) atoms. The highest BCUT2D eigenvalue weighted by atomic mass is 15.3. The summed E-state index contributed by atoms with van der Waals surface area (Å²) in [4.78, 5) is 8.70. The Morgan fingerprint density at radius 2 is 2.29 bits per heavy atom. The molecule has 1 N–H and O–H groups in total. The first kappa shape index (κ1) is 9.95. The maximum atomic E-state index is 4.44. The predicted molar refractivity (Wildman–Crippen MR) is 61.6 cm³/mol. The highest BCUT2D eigenvalue weighted by Gasteiger charge is 2.10. The van der Waals surface area contributed by atoms with Crippen LogP contribution in [0.25, 0.3) is 5.65 Å². The number of rotatable bonds is 3. The van der Waals surface area contributed by atoms with Gasteiger partial charge in [-0.05, 0) is 12.5 Å². The van der Waals surface area contributed by atoms with Crippen LogP contribution in [0.1, 0.15) is 23.9 Å². The number of nitrogens with zero attached hydrogens (tertiary/aromatic N) is 5. The summed E-state index contributed by atoms with van der Waals surface area (Å²) in [7, 11) is 0. The molecule has 0 unspecified atom stereocenters. The maximum absolute atomic E-state index is 4.44. The van der Waals surface area contributed by atoms with E-state index < -0.39 is 0 Å². The van der Waals surface area contributed by atoms with Gasteiger partial charge in [0.2, 0.25) is 0 Å². The van der Waals surface area contributed by atoms with E-state index in [4.69, 9.17) is 0 Å². The molecule has 6 heteroatoms. The average molecular weight is 228 g/mol. The molecular formula is C11H12N6. The van der Waals surface area contributed by atoms with Crippen LogP contribution in [-0.2, 0) is 12.8 Å². The molecule has 3 heterocycles. The van der Waals surface area contributed by atoms with E-state index in [1.807, 2.05) is 6.07 Å². The molecule has 86 valence electrons. The Bertz CT molecular complexity index is 625. The lowest BCUT2D eigenvalue weighted by Crippen LogP contribution is -2.04. The first-order valence-corrected chi connectivity index (χ1v) is 5.53. The summed E-state index contributed by atoms with van der Waals surface area (Å²) < 4.78 is 1.70. The minimum Gasteiger partial charge on any atom is -0.282 e. The maximum Gasteiger partial charge on any atom is 0.162 e. The van der Waals surface area contributed by atoms with E-state index in [0.717, 1.165) is 35.4 Å². The van der Waals surface area contributed by atoms with Crippen LogP contribution in [0.3, 0.4) is 0 Å². The van der Waals surface area contributed by atoms with Crippen molar-refractivity contribution in [2.45, 2.75) is 19.8 Å². The summed E-state index contributed by atoms with van der Waals surface area (Å²) in [6.45, 7) is 2.10. The lowest BCUT2D eigenvalue weighted by molar-refractivity contribution is 0.860. The number of aromatic nitrogens is 6. The third-order valence-electron chi connectivity index (χ3n) is 2.78. The summed E-state index contributed by atoms with van der Waals surface area (Å²) >= 11 is 0. The molecule has 0 aliphatic carbocycles. The van der Waals surface area contributed by atoms with E-state index in [0.29, 0.717) is 0 Å². The fourth-order valence-corrected chi connectivity index (χ4v) is 1.96. The fourth-order valence-electron chi connectivity index (χ4n) is 1.96. The van der Waals surface area contributed by atoms with E-state index in [1.165, 1.54) is 0 Å². The summed E-state index contributed by atoms with van der Waals surface area (Å²) in [5.74, 6) is 0. The Balaban J connectivity index is 2.09. The summed E-state index contributed by atoms with van der Waals surface area (Å²) in [6, 6.07) is 1.95. The Morgan fingerprint density at radius 1 is 1.35 bits per heavy atom. The third-order valence-corrected chi connectivity index (χ3v) is 2.78. The molecule has 0 radical (unpaired) electrons. The number of aryl methyl sites for hydroxylation is 1. The second kappa shape index (κ2) is 3.97. The van der Waals surface area contributed by atoms with Crippen LogP contribution in [-0.4, -0.2) is 29.8 Å². The Morgan fingerprint density at radius 3 is 3.06 bits per heavy atom. The fraction of sp³-hybridized carbons (Fsp3) is 0.273. The number of fused-ring (bicyclic) bond motifs is 1. The Labute approximate surface area is 97.7 Å². The van der Waals surface area contributed by atoms with Crippen LogP contribution in [0, 0.1) is 0 Å². The predicted octanol–water partition coefficient (Wildman–Crippen LogP) is 1.00. The minimum absolute atomic E-state index is 0.743. The largest absolute Gasteiger partial charge is 0.282 e. The Kier molecular flexibility index (Phi) is 2.32. The van der Waals surface area contributed by atoms with Crippen LogP contribution < -0.4 is 0 Å². The zero-order valence-corrected chi connectivity index (χ0v) is 9.46. The topological polar surface area (TPSA) is 71.8 Å². The van der Waals surface area contributed by atoms with Gasteiger partial charge in [-0.2, -0.15) is 10.2 Å². The quantitative estimate of drug-likeness (QED) is 0.726. The van der Waals surface area contributed by atoms with Gasteiger partial charge in [0, 0.05) is 23.9 Å². The van der Waals surface area contributed by atoms with Gasteiger partial charge in [-0.3, -0.25) is 5.10 Å². The molecule has 3 aromatic rings. The first-order valence-electron chi connectivity index (χ1n) is 5.53. The lowest BCUT2D eigenvalue weighted by Gasteiger charge is -2.06. The number of hydrogen-bond donors (Lipinski definition) is 1. The second-order valence-corrected chi connectivity index (χ2v) is 3.81. The highest BCUT2D eigenvalue weighted by Crippen LogP contribution is 2.15. The molecule has 0 aliphatic heterocycles. The molecule has 0 aromatic carbocycles. The molecule has 0 saturated heterocycles. The molecule has 3 rings (SSSR count). The zero-order valence-electron chi connectivity index (χ0n) is 9.46. The number of hydrogen-bond acceptors (Lipinski definition) is 4. The summed E-state index contributed by atoms with van der Waals surface area (Å²) in [5.41, 5.74) is 4.10. The van der Waals surface area contributed by atoms with Gasteiger partial charge in [-0.15, -0.1) is 0 Å². The van der Waals surface area contributed by atoms with Gasteiger partial charge >= 0.3 is 0 Å². The van der Waals surface area contributed by atoms with E-state index in [2.05, 4.69) is 32.2 Å². The summed E-state index contributed by atoms with van der Waals surface area (Å²) in [5, 5.41) is 11.0. The third kappa shape index (κ3) is 1.67. The van der Waals surface area contributed by atoms with Crippen molar-refractivity contribution in [3.05, 3.63) is 41.9 Å². The van der Waals surface area contributed by atoms with Gasteiger partial charge < -0.3 is 0 Å². The number of nitrogens with one attached hydrogen (secondary N) is 1. The van der Waals surface area contributed by atoms with Crippen LogP contribution in [0.15, 0.2) is 24.9 Å². The van der Waals surface area contributed by atoms with Gasteiger partial charge in [-0.25, -0.2) is 14.5 Å². The van der Waals surface area contributed by atoms with Gasteiger partial charge in [0.1, 0.15) is 12.7 Å². The van der Waals surface area contributed by atoms with Crippen molar-refractivity contribution < 1.29 is 0 Å². The molecule has 0 atom stereocenters. The normalized spacial score (nSPS) is 11.1. The molecule has 0 spiro atoms. The van der Waals surface area contributed by atoms with Crippen molar-refractivity contribution in [1.82, 2.24) is 29.8 Å². The van der Waals surface area contributed by atoms with Crippen molar-refractivity contribution >= 4 is 5.65 Å². The monoisotopic (exact) mass is 228 g/mol. The second-order valence-electron chi connectivity index (χ2n) is 3.81. The molecule has 0 amide bonds. The van der Waals surface area contributed by atoms with Crippen molar-refractivity contribution in [1.29, 1.82) is 0 Å². The van der Waals surface area contributed by atoms with E-state index in [-0.39, 0.29) is 0 Å². The Hall–Kier alpha value is -2.24. The lowest BCUT2D eigenvalue weighted by atomic mass is 10.1. The molecule has 6 nitrogen and oxygen atoms in total. The van der Waals surface area contributed by atoms with Crippen molar-refractivity contribution in [3.63, 3.8) is 0 Å². The van der Waals surface area contributed by atoms with Crippen LogP contribution in [0.5, 0.6) is 0 Å². The molecule has 0 fully saturated rings. The minimum atomic E-state index is 0.743. The van der Waals surface area contributed by atoms with Gasteiger partial charge in [0.15, 0.2) is 5.65 Å². The molecule has 0 saturated carbocycles. The smallest absolute Gasteiger partial charge is 0.162 e. The number of H-pyrrole nitrogens is 1. The van der Waals surface area contributed by atoms with Crippen molar-refractivity contribution in [2.24, 2.45) is 0 Å². The molecule has 3 aromatic heterocycles. The van der Waals surface area contributed by atoms with Crippen LogP contribution in [0.2, 0.25) is 0 Å². The average Bonchev–Trinajstić information content (AvgIpc) is 2.98. The first-order chi connectivity index (χ1) is 8.38. The van der Waals surface area contributed by atoms with Crippen molar-refractivity contribution in [2.75, 3.05) is 0 Å². The SMILES string of the molecule is CCc1c(Cc2ccn[nH]2)ncn2ncnc12. The molecule has 0 bridgehead atoms. The van der Waals surface area contributed by atoms with Crippen LogP contribution in [0.4, 0.5) is 0 Å². The van der Waals surface area contributed by atoms with Gasteiger partial charge in [0.05, 0.1) is 5.69 Å². The zero-order chi connectivity index (χ0) is 11.7. The number of aromatic amines is 1. The molecule has 0 aliphatic rings. The summed E-state index contributed by atoms with van der Waals surface area (Å²) in [6.07, 6.45) is 6.63. The standard InChI is InChI=1S/C11H12N6/c1-2-9-10(5-8-3-4-14-16-8)13-7-17-11(9)12-6-15-17/h3-4,6-7H,2,5H2,1H3,(H,14,16). The van der Waals surface area contributed by atoms with Crippen molar-refractivity contribution in [3.8, 4) is 0 Å². The van der Waals surface area contributed by atoms with E-state index in [1.54, 1.807) is 23.4 Å². The highest BCUT2D eigenvalue weighted by molar-refractivity contribution is 5.48. The van der Waals surface area contributed by atoms with Gasteiger partial charge in [0.25, 0.3) is 0 Å². The van der Waals surface area contributed by atoms with E-state index in [9.17, 15) is 0 Å². The van der Waals surface area contributed by atoms with E-state index >= 15 is 0 Å². The molecular weight excluding hydrogens is 216 g/mol.